The fourth-order valence-electron chi connectivity index (χ4n) is 2.22. The molecule has 1 aliphatic carbocycles. The zero-order valence-corrected chi connectivity index (χ0v) is 9.98. The molecule has 0 aliphatic heterocycles. The van der Waals surface area contributed by atoms with Crippen LogP contribution in [0.15, 0.2) is 24.3 Å². The monoisotopic (exact) mass is 234 g/mol. The molecule has 0 radical (unpaired) electrons. The Hall–Kier alpha value is -1.39. The lowest BCUT2D eigenvalue weighted by molar-refractivity contribution is -0.124. The van der Waals surface area contributed by atoms with Gasteiger partial charge in [0.1, 0.15) is 6.04 Å². The van der Waals surface area contributed by atoms with Crippen molar-refractivity contribution in [1.29, 1.82) is 0 Å². The number of amides is 1. The van der Waals surface area contributed by atoms with Gasteiger partial charge in [0, 0.05) is 13.2 Å². The van der Waals surface area contributed by atoms with Gasteiger partial charge in [0.15, 0.2) is 0 Å². The van der Waals surface area contributed by atoms with Crippen molar-refractivity contribution in [2.24, 2.45) is 5.73 Å². The van der Waals surface area contributed by atoms with E-state index in [1.807, 2.05) is 12.1 Å². The highest BCUT2D eigenvalue weighted by Gasteiger charge is 2.24. The largest absolute Gasteiger partial charge is 0.383 e. The third-order valence-corrected chi connectivity index (χ3v) is 3.08. The zero-order chi connectivity index (χ0) is 12.3. The number of nitrogens with one attached hydrogen (secondary N) is 1. The quantitative estimate of drug-likeness (QED) is 0.784. The van der Waals surface area contributed by atoms with Crippen LogP contribution >= 0.6 is 0 Å². The second-order valence-corrected chi connectivity index (χ2v) is 4.44. The van der Waals surface area contributed by atoms with E-state index >= 15 is 0 Å². The van der Waals surface area contributed by atoms with Gasteiger partial charge in [-0.2, -0.15) is 0 Å². The van der Waals surface area contributed by atoms with Crippen LogP contribution in [0, 0.1) is 0 Å². The predicted octanol–water partition coefficient (Wildman–Crippen LogP) is 0.244. The molecular weight excluding hydrogens is 216 g/mol. The molecule has 0 saturated heterocycles. The molecule has 1 atom stereocenters. The van der Waals surface area contributed by atoms with Crippen molar-refractivity contribution in [3.8, 4) is 0 Å². The Balaban J connectivity index is 1.89. The Morgan fingerprint density at radius 3 is 2.59 bits per heavy atom. The number of nitrogens with two attached hydrogens (primary N) is 1. The molecule has 4 nitrogen and oxygen atoms in total. The van der Waals surface area contributed by atoms with Crippen LogP contribution in [0.5, 0.6) is 0 Å². The molecule has 0 bridgehead atoms. The maximum Gasteiger partial charge on any atom is 0.239 e. The van der Waals surface area contributed by atoms with Crippen LogP contribution in [0.25, 0.3) is 0 Å². The van der Waals surface area contributed by atoms with E-state index in [4.69, 9.17) is 10.5 Å². The lowest BCUT2D eigenvalue weighted by atomic mass is 10.1. The van der Waals surface area contributed by atoms with Gasteiger partial charge >= 0.3 is 0 Å². The van der Waals surface area contributed by atoms with Crippen molar-refractivity contribution in [2.75, 3.05) is 13.7 Å². The minimum Gasteiger partial charge on any atom is -0.383 e. The molecule has 2 rings (SSSR count). The van der Waals surface area contributed by atoms with Crippen LogP contribution in [-0.2, 0) is 22.4 Å². The summed E-state index contributed by atoms with van der Waals surface area (Å²) in [5.41, 5.74) is 8.31. The third-order valence-electron chi connectivity index (χ3n) is 3.08. The van der Waals surface area contributed by atoms with Crippen LogP contribution in [0.1, 0.15) is 11.1 Å². The molecule has 0 aromatic heterocycles. The molecule has 4 heteroatoms. The second-order valence-electron chi connectivity index (χ2n) is 4.44. The number of hydrogen-bond acceptors (Lipinski definition) is 3. The van der Waals surface area contributed by atoms with Crippen molar-refractivity contribution in [1.82, 2.24) is 5.32 Å². The van der Waals surface area contributed by atoms with Crippen molar-refractivity contribution >= 4 is 5.91 Å². The SMILES string of the molecule is COCC(N)C(=O)NC1Cc2ccccc2C1. The van der Waals surface area contributed by atoms with Gasteiger partial charge in [-0.25, -0.2) is 0 Å². The number of hydrogen-bond donors (Lipinski definition) is 2. The van der Waals surface area contributed by atoms with E-state index in [-0.39, 0.29) is 18.6 Å². The lowest BCUT2D eigenvalue weighted by Gasteiger charge is -2.15. The summed E-state index contributed by atoms with van der Waals surface area (Å²) in [7, 11) is 1.54. The van der Waals surface area contributed by atoms with E-state index in [1.54, 1.807) is 7.11 Å². The Labute approximate surface area is 101 Å². The van der Waals surface area contributed by atoms with E-state index in [1.165, 1.54) is 11.1 Å². The summed E-state index contributed by atoms with van der Waals surface area (Å²) in [5.74, 6) is -0.135. The van der Waals surface area contributed by atoms with E-state index < -0.39 is 6.04 Å². The van der Waals surface area contributed by atoms with Crippen LogP contribution in [-0.4, -0.2) is 31.7 Å². The van der Waals surface area contributed by atoms with Crippen molar-refractivity contribution in [3.63, 3.8) is 0 Å². The average molecular weight is 234 g/mol. The summed E-state index contributed by atoms with van der Waals surface area (Å²) in [4.78, 5) is 11.7. The van der Waals surface area contributed by atoms with Crippen LogP contribution < -0.4 is 11.1 Å². The number of carbonyl (C=O) groups excluding carboxylic acids is 1. The van der Waals surface area contributed by atoms with Crippen molar-refractivity contribution in [2.45, 2.75) is 24.9 Å². The summed E-state index contributed by atoms with van der Waals surface area (Å²) in [5, 5.41) is 2.97. The first-order chi connectivity index (χ1) is 8.20. The van der Waals surface area contributed by atoms with Crippen LogP contribution in [0.4, 0.5) is 0 Å². The first-order valence-corrected chi connectivity index (χ1v) is 5.82. The minimum atomic E-state index is -0.580. The first kappa shape index (κ1) is 12.1. The topological polar surface area (TPSA) is 64.3 Å². The molecule has 0 fully saturated rings. The normalized spacial score (nSPS) is 16.6. The summed E-state index contributed by atoms with van der Waals surface area (Å²) < 4.78 is 4.87. The number of ether oxygens (including phenoxy) is 1. The van der Waals surface area contributed by atoms with Gasteiger partial charge < -0.3 is 15.8 Å². The van der Waals surface area contributed by atoms with Crippen molar-refractivity contribution < 1.29 is 9.53 Å². The molecule has 1 aromatic rings. The minimum absolute atomic E-state index is 0.135. The Kier molecular flexibility index (Phi) is 3.76. The molecule has 92 valence electrons. The molecule has 1 unspecified atom stereocenters. The predicted molar refractivity (Wildman–Crippen MR) is 65.6 cm³/mol. The van der Waals surface area contributed by atoms with Gasteiger partial charge in [-0.1, -0.05) is 24.3 Å². The van der Waals surface area contributed by atoms with Gasteiger partial charge in [-0.3, -0.25) is 4.79 Å². The Morgan fingerprint density at radius 1 is 1.47 bits per heavy atom. The maximum absolute atomic E-state index is 11.7. The van der Waals surface area contributed by atoms with E-state index in [9.17, 15) is 4.79 Å². The standard InChI is InChI=1S/C13H18N2O2/c1-17-8-12(14)13(16)15-11-6-9-4-2-3-5-10(9)7-11/h2-5,11-12H,6-8,14H2,1H3,(H,15,16). The lowest BCUT2D eigenvalue weighted by Crippen LogP contribution is -2.47. The van der Waals surface area contributed by atoms with Gasteiger partial charge in [0.05, 0.1) is 6.61 Å². The zero-order valence-electron chi connectivity index (χ0n) is 9.98. The van der Waals surface area contributed by atoms with Gasteiger partial charge in [-0.05, 0) is 24.0 Å². The molecule has 1 aromatic carbocycles. The van der Waals surface area contributed by atoms with Gasteiger partial charge in [0.2, 0.25) is 5.91 Å². The number of fused-ring (bicyclic) bond motifs is 1. The fourth-order valence-corrected chi connectivity index (χ4v) is 2.22. The number of methoxy groups -OCH3 is 1. The van der Waals surface area contributed by atoms with Crippen LogP contribution in [0.2, 0.25) is 0 Å². The Bertz CT molecular complexity index is 381. The highest BCUT2D eigenvalue weighted by Crippen LogP contribution is 2.21. The summed E-state index contributed by atoms with van der Waals surface area (Å²) in [6.45, 7) is 0.255. The van der Waals surface area contributed by atoms with E-state index in [2.05, 4.69) is 17.4 Å². The molecule has 1 aliphatic rings. The molecule has 0 heterocycles. The summed E-state index contributed by atoms with van der Waals surface area (Å²) >= 11 is 0. The molecular formula is C13H18N2O2. The second kappa shape index (κ2) is 5.29. The summed E-state index contributed by atoms with van der Waals surface area (Å²) in [6.07, 6.45) is 1.78. The fraction of sp³-hybridized carbons (Fsp3) is 0.462. The highest BCUT2D eigenvalue weighted by atomic mass is 16.5. The summed E-state index contributed by atoms with van der Waals surface area (Å²) in [6, 6.07) is 7.86. The first-order valence-electron chi connectivity index (χ1n) is 5.82. The molecule has 1 amide bonds. The van der Waals surface area contributed by atoms with Gasteiger partial charge in [0.25, 0.3) is 0 Å². The van der Waals surface area contributed by atoms with Gasteiger partial charge in [-0.15, -0.1) is 0 Å². The number of carbonyl (C=O) groups is 1. The van der Waals surface area contributed by atoms with E-state index in [0.29, 0.717) is 0 Å². The van der Waals surface area contributed by atoms with Crippen LogP contribution in [0.3, 0.4) is 0 Å². The molecule has 0 saturated carbocycles. The third kappa shape index (κ3) is 2.84. The average Bonchev–Trinajstić information content (AvgIpc) is 2.71. The molecule has 0 spiro atoms. The molecule has 17 heavy (non-hydrogen) atoms. The maximum atomic E-state index is 11.7. The van der Waals surface area contributed by atoms with Crippen molar-refractivity contribution in [3.05, 3.63) is 35.4 Å². The molecule has 3 N–H and O–H groups in total. The highest BCUT2D eigenvalue weighted by molar-refractivity contribution is 5.82. The number of benzene rings is 1. The van der Waals surface area contributed by atoms with E-state index in [0.717, 1.165) is 12.8 Å². The smallest absolute Gasteiger partial charge is 0.239 e. The number of rotatable bonds is 4. The Morgan fingerprint density at radius 2 is 2.06 bits per heavy atom.